The number of carbonyl (C=O) groups excluding carboxylic acids is 1. The number of hydrogen-bond donors (Lipinski definition) is 1. The Morgan fingerprint density at radius 2 is 1.85 bits per heavy atom. The van der Waals surface area contributed by atoms with Crippen LogP contribution in [0.1, 0.15) is 61.8 Å². The molecule has 1 atom stereocenters. The molecule has 0 aromatic heterocycles. The van der Waals surface area contributed by atoms with Crippen molar-refractivity contribution in [3.63, 3.8) is 0 Å². The molecule has 0 saturated heterocycles. The van der Waals surface area contributed by atoms with Gasteiger partial charge in [-0.3, -0.25) is 4.79 Å². The minimum absolute atomic E-state index is 0.248. The number of aromatic amines is 1. The lowest BCUT2D eigenvalue weighted by Gasteiger charge is -2.59. The standard InChI is InChI=1S/C20H25N3O3/c1-11(20-6-12-3-13(7-20)5-14(4-12)8-20)23-9-15-17(21-22-18(15)24)16(10-23)19(25)26-2/h9-14H,3-8H2,1-2H3,(H,22,24)/t11-,12?,13?,14?,20?/m0/s1. The van der Waals surface area contributed by atoms with Crippen LogP contribution in [0.4, 0.5) is 0 Å². The van der Waals surface area contributed by atoms with E-state index in [1.165, 1.54) is 45.6 Å². The maximum absolute atomic E-state index is 12.3. The number of aromatic nitrogens is 3. The number of ether oxygens (including phenoxy) is 1. The summed E-state index contributed by atoms with van der Waals surface area (Å²) in [5.74, 6) is 2.12. The Morgan fingerprint density at radius 1 is 1.23 bits per heavy atom. The van der Waals surface area contributed by atoms with Gasteiger partial charge in [0.2, 0.25) is 0 Å². The van der Waals surface area contributed by atoms with E-state index in [2.05, 4.69) is 21.7 Å². The Kier molecular flexibility index (Phi) is 3.37. The summed E-state index contributed by atoms with van der Waals surface area (Å²) in [6.45, 7) is 2.25. The van der Waals surface area contributed by atoms with Gasteiger partial charge in [-0.1, -0.05) is 0 Å². The highest BCUT2D eigenvalue weighted by molar-refractivity contribution is 5.95. The minimum Gasteiger partial charge on any atom is -0.465 e. The van der Waals surface area contributed by atoms with Gasteiger partial charge >= 0.3 is 5.97 Å². The van der Waals surface area contributed by atoms with Crippen LogP contribution in [0.15, 0.2) is 17.2 Å². The van der Waals surface area contributed by atoms with Crippen molar-refractivity contribution >= 4 is 5.97 Å². The maximum Gasteiger partial charge on any atom is 0.341 e. The van der Waals surface area contributed by atoms with E-state index in [1.54, 1.807) is 0 Å². The summed E-state index contributed by atoms with van der Waals surface area (Å²) in [5.41, 5.74) is 1.25. The molecule has 6 rings (SSSR count). The van der Waals surface area contributed by atoms with Gasteiger partial charge < -0.3 is 9.30 Å². The van der Waals surface area contributed by atoms with Gasteiger partial charge in [-0.05, 0) is 68.6 Å². The van der Waals surface area contributed by atoms with Crippen LogP contribution in [0.3, 0.4) is 0 Å². The van der Waals surface area contributed by atoms with Crippen molar-refractivity contribution in [2.24, 2.45) is 23.2 Å². The molecule has 6 heteroatoms. The smallest absolute Gasteiger partial charge is 0.341 e. The van der Waals surface area contributed by atoms with Crippen LogP contribution in [-0.4, -0.2) is 27.8 Å². The van der Waals surface area contributed by atoms with Crippen LogP contribution < -0.4 is 5.56 Å². The maximum atomic E-state index is 12.3. The first kappa shape index (κ1) is 16.1. The first-order valence-electron chi connectivity index (χ1n) is 9.67. The van der Waals surface area contributed by atoms with E-state index in [4.69, 9.17) is 4.74 Å². The van der Waals surface area contributed by atoms with Gasteiger partial charge in [0.25, 0.3) is 5.56 Å². The number of nitrogens with one attached hydrogen (secondary N) is 1. The zero-order valence-corrected chi connectivity index (χ0v) is 15.3. The molecule has 2 aliphatic heterocycles. The highest BCUT2D eigenvalue weighted by atomic mass is 16.5. The van der Waals surface area contributed by atoms with Crippen molar-refractivity contribution < 1.29 is 9.53 Å². The van der Waals surface area contributed by atoms with E-state index in [1.807, 2.05) is 12.4 Å². The fourth-order valence-corrected chi connectivity index (χ4v) is 6.54. The number of methoxy groups -OCH3 is 1. The Morgan fingerprint density at radius 3 is 2.42 bits per heavy atom. The highest BCUT2D eigenvalue weighted by Crippen LogP contribution is 2.63. The molecule has 0 spiro atoms. The summed E-state index contributed by atoms with van der Waals surface area (Å²) in [7, 11) is 1.36. The predicted octanol–water partition coefficient (Wildman–Crippen LogP) is 3.24. The number of carbonyl (C=O) groups is 1. The molecule has 4 bridgehead atoms. The first-order valence-corrected chi connectivity index (χ1v) is 9.67. The van der Waals surface area contributed by atoms with E-state index < -0.39 is 5.97 Å². The van der Waals surface area contributed by atoms with Crippen LogP contribution in [0.5, 0.6) is 0 Å². The molecule has 4 fully saturated rings. The van der Waals surface area contributed by atoms with Crippen molar-refractivity contribution in [1.29, 1.82) is 0 Å². The third-order valence-electron chi connectivity index (χ3n) is 7.40. The lowest BCUT2D eigenvalue weighted by atomic mass is 9.48. The zero-order chi connectivity index (χ0) is 18.1. The molecule has 4 saturated carbocycles. The molecule has 0 aromatic rings. The second-order valence-corrected chi connectivity index (χ2v) is 8.88. The number of H-pyrrole nitrogens is 1. The molecule has 26 heavy (non-hydrogen) atoms. The van der Waals surface area contributed by atoms with E-state index in [9.17, 15) is 9.59 Å². The third kappa shape index (κ3) is 2.20. The third-order valence-corrected chi connectivity index (χ3v) is 7.40. The normalized spacial score (nSPS) is 33.5. The Balaban J connectivity index is 1.60. The van der Waals surface area contributed by atoms with E-state index in [0.29, 0.717) is 16.8 Å². The van der Waals surface area contributed by atoms with Crippen molar-refractivity contribution in [1.82, 2.24) is 14.8 Å². The fourth-order valence-electron chi connectivity index (χ4n) is 6.54. The second-order valence-electron chi connectivity index (χ2n) is 8.88. The lowest BCUT2D eigenvalue weighted by molar-refractivity contribution is -0.0789. The summed E-state index contributed by atoms with van der Waals surface area (Å²) in [4.78, 5) is 24.4. The van der Waals surface area contributed by atoms with Crippen LogP contribution in [0, 0.1) is 23.2 Å². The monoisotopic (exact) mass is 355 g/mol. The number of pyridine rings is 1. The fraction of sp³-hybridized carbons (Fsp3) is 0.650. The Labute approximate surface area is 152 Å². The van der Waals surface area contributed by atoms with E-state index >= 15 is 0 Å². The molecule has 0 radical (unpaired) electrons. The largest absolute Gasteiger partial charge is 0.465 e. The topological polar surface area (TPSA) is 77.0 Å². The molecule has 0 aromatic carbocycles. The van der Waals surface area contributed by atoms with Gasteiger partial charge in [0.1, 0.15) is 11.3 Å². The molecule has 6 nitrogen and oxygen atoms in total. The SMILES string of the molecule is COC(=O)c1cn([C@@H](C)C23CC4CC(CC(C4)C2)C3)cc2c(=O)[nH]nc1-2. The van der Waals surface area contributed by atoms with Crippen LogP contribution >= 0.6 is 0 Å². The molecule has 0 unspecified atom stereocenters. The zero-order valence-electron chi connectivity index (χ0n) is 15.3. The summed E-state index contributed by atoms with van der Waals surface area (Å²) in [6.07, 6.45) is 11.7. The first-order chi connectivity index (χ1) is 12.5. The number of nitrogens with zero attached hydrogens (tertiary/aromatic N) is 2. The molecule has 0 amide bonds. The number of fused-ring (bicyclic) bond motifs is 1. The summed E-state index contributed by atoms with van der Waals surface area (Å²) >= 11 is 0. The van der Waals surface area contributed by atoms with E-state index in [-0.39, 0.29) is 17.0 Å². The molecular formula is C20H25N3O3. The lowest BCUT2D eigenvalue weighted by Crippen LogP contribution is -2.49. The van der Waals surface area contributed by atoms with Gasteiger partial charge in [0.05, 0.1) is 12.7 Å². The highest BCUT2D eigenvalue weighted by Gasteiger charge is 2.53. The molecule has 1 N–H and O–H groups in total. The molecule has 2 heterocycles. The second kappa shape index (κ2) is 5.44. The molecular weight excluding hydrogens is 330 g/mol. The van der Waals surface area contributed by atoms with Gasteiger partial charge in [-0.2, -0.15) is 5.10 Å². The average molecular weight is 355 g/mol. The number of rotatable bonds is 3. The van der Waals surface area contributed by atoms with Gasteiger partial charge in [0, 0.05) is 18.4 Å². The number of esters is 1. The molecule has 4 aliphatic carbocycles. The molecule has 6 aliphatic rings. The van der Waals surface area contributed by atoms with E-state index in [0.717, 1.165) is 17.8 Å². The summed E-state index contributed by atoms with van der Waals surface area (Å²) in [6, 6.07) is 0.248. The van der Waals surface area contributed by atoms with Crippen LogP contribution in [0.25, 0.3) is 11.3 Å². The van der Waals surface area contributed by atoms with Crippen LogP contribution in [0.2, 0.25) is 0 Å². The van der Waals surface area contributed by atoms with Gasteiger partial charge in [-0.25, -0.2) is 9.89 Å². The predicted molar refractivity (Wildman–Crippen MR) is 96.1 cm³/mol. The molecule has 138 valence electrons. The van der Waals surface area contributed by atoms with Crippen molar-refractivity contribution in [3.8, 4) is 11.3 Å². The minimum atomic E-state index is -0.450. The quantitative estimate of drug-likeness (QED) is 0.858. The Bertz CT molecular complexity index is 861. The van der Waals surface area contributed by atoms with Crippen LogP contribution in [-0.2, 0) is 4.74 Å². The van der Waals surface area contributed by atoms with Crippen molar-refractivity contribution in [3.05, 3.63) is 28.3 Å². The number of hydrogen-bond acceptors (Lipinski definition) is 4. The van der Waals surface area contributed by atoms with Gasteiger partial charge in [0.15, 0.2) is 0 Å². The average Bonchev–Trinajstić information content (AvgIpc) is 2.99. The van der Waals surface area contributed by atoms with Crippen molar-refractivity contribution in [2.75, 3.05) is 7.11 Å². The summed E-state index contributed by atoms with van der Waals surface area (Å²) < 4.78 is 7.01. The van der Waals surface area contributed by atoms with Crippen molar-refractivity contribution in [2.45, 2.75) is 51.5 Å². The van der Waals surface area contributed by atoms with Gasteiger partial charge in [-0.15, -0.1) is 0 Å². The summed E-state index contributed by atoms with van der Waals surface area (Å²) in [5, 5.41) is 6.50. The Hall–Kier alpha value is -2.11.